The minimum atomic E-state index is 0. The molecule has 6 heteroatoms. The molecule has 0 fully saturated rings. The first-order valence-electron chi connectivity index (χ1n) is 14.9. The van der Waals surface area contributed by atoms with Crippen molar-refractivity contribution in [3.63, 3.8) is 0 Å². The number of aromatic nitrogens is 3. The zero-order chi connectivity index (χ0) is 30.6. The number of hydrogen-bond donors (Lipinski definition) is 1. The number of ether oxygens (including phenoxy) is 1. The Kier molecular flexibility index (Phi) is 9.90. The van der Waals surface area contributed by atoms with Gasteiger partial charge in [0.1, 0.15) is 5.75 Å². The summed E-state index contributed by atoms with van der Waals surface area (Å²) in [5.74, 6) is 1.83. The van der Waals surface area contributed by atoms with Crippen LogP contribution >= 0.6 is 0 Å². The van der Waals surface area contributed by atoms with Gasteiger partial charge >= 0.3 is 0 Å². The molecule has 0 saturated heterocycles. The maximum absolute atomic E-state index is 11.0. The third kappa shape index (κ3) is 7.21. The van der Waals surface area contributed by atoms with Crippen molar-refractivity contribution in [3.05, 3.63) is 133 Å². The third-order valence-corrected chi connectivity index (χ3v) is 7.60. The number of benzene rings is 4. The number of aromatic hydroxyl groups is 1. The molecule has 5 nitrogen and oxygen atoms in total. The molecule has 228 valence electrons. The number of rotatable bonds is 8. The zero-order valence-corrected chi connectivity index (χ0v) is 27.9. The molecule has 0 amide bonds. The van der Waals surface area contributed by atoms with E-state index in [9.17, 15) is 5.11 Å². The fourth-order valence-corrected chi connectivity index (χ4v) is 5.13. The first-order chi connectivity index (χ1) is 21.4. The zero-order valence-electron chi connectivity index (χ0n) is 25.6. The molecule has 2 aromatic heterocycles. The van der Waals surface area contributed by atoms with Gasteiger partial charge in [-0.05, 0) is 58.9 Å². The van der Waals surface area contributed by atoms with E-state index in [1.807, 2.05) is 66.7 Å². The maximum atomic E-state index is 11.0. The van der Waals surface area contributed by atoms with Gasteiger partial charge in [-0.1, -0.05) is 100.0 Å². The Bertz CT molecular complexity index is 1880. The summed E-state index contributed by atoms with van der Waals surface area (Å²) < 4.78 is 6.15. The molecule has 0 unspecified atom stereocenters. The quantitative estimate of drug-likeness (QED) is 0.156. The summed E-state index contributed by atoms with van der Waals surface area (Å²) in [7, 11) is 0. The maximum Gasteiger partial charge on any atom is 0.217 e. The molecule has 2 heterocycles. The van der Waals surface area contributed by atoms with E-state index in [4.69, 9.17) is 14.7 Å². The van der Waals surface area contributed by atoms with Crippen molar-refractivity contribution in [1.29, 1.82) is 0 Å². The van der Waals surface area contributed by atoms with Crippen LogP contribution in [-0.2, 0) is 21.1 Å². The summed E-state index contributed by atoms with van der Waals surface area (Å²) in [5.41, 5.74) is 8.68. The summed E-state index contributed by atoms with van der Waals surface area (Å²) in [6, 6.07) is 36.9. The van der Waals surface area contributed by atoms with Crippen molar-refractivity contribution in [2.24, 2.45) is 0 Å². The molecule has 0 bridgehead atoms. The Hall–Kier alpha value is -4.60. The average molecular weight is 772 g/mol. The van der Waals surface area contributed by atoms with Crippen LogP contribution < -0.4 is 4.74 Å². The SMILES string of the molecule is CC(C)c1cc(-c2ncc(-c3[c-]c(Oc4ccccn4)cc(-c4ccccc4)c3)nc2-c2ccccc2O)cc(C(C)C)c1.[Pt]. The Morgan fingerprint density at radius 2 is 1.36 bits per heavy atom. The second-order valence-electron chi connectivity index (χ2n) is 11.5. The molecule has 0 aliphatic heterocycles. The first-order valence-corrected chi connectivity index (χ1v) is 14.9. The van der Waals surface area contributed by atoms with Crippen molar-refractivity contribution in [2.45, 2.75) is 39.5 Å². The van der Waals surface area contributed by atoms with Crippen LogP contribution in [0.5, 0.6) is 17.4 Å². The standard InChI is InChI=1S/C39H34N3O2.Pt/c1-25(2)28-18-29(26(3)4)20-32(19-28)38-39(34-14-8-9-15-36(34)43)42-35(24-41-38)31-21-30(27-12-6-5-7-13-27)22-33(23-31)44-37-16-10-11-17-40-37;/h5-22,24-26,43H,1-4H3;/q-1;. The van der Waals surface area contributed by atoms with Gasteiger partial charge in [-0.3, -0.25) is 9.97 Å². The molecule has 0 spiro atoms. The van der Waals surface area contributed by atoms with E-state index in [2.05, 4.69) is 69.1 Å². The average Bonchev–Trinajstić information content (AvgIpc) is 3.05. The van der Waals surface area contributed by atoms with Crippen molar-refractivity contribution in [1.82, 2.24) is 15.0 Å². The Morgan fingerprint density at radius 3 is 2.02 bits per heavy atom. The van der Waals surface area contributed by atoms with E-state index in [1.54, 1.807) is 18.5 Å². The van der Waals surface area contributed by atoms with Gasteiger partial charge in [-0.2, -0.15) is 0 Å². The second-order valence-corrected chi connectivity index (χ2v) is 11.5. The molecule has 1 N–H and O–H groups in total. The van der Waals surface area contributed by atoms with Gasteiger partial charge in [0.25, 0.3) is 0 Å². The van der Waals surface area contributed by atoms with E-state index in [1.165, 1.54) is 11.1 Å². The van der Waals surface area contributed by atoms with Crippen LogP contribution in [0.15, 0.2) is 116 Å². The summed E-state index contributed by atoms with van der Waals surface area (Å²) in [6.07, 6.45) is 3.47. The molecule has 0 aliphatic carbocycles. The van der Waals surface area contributed by atoms with Crippen LogP contribution in [0.2, 0.25) is 0 Å². The predicted molar refractivity (Wildman–Crippen MR) is 177 cm³/mol. The molecular weight excluding hydrogens is 738 g/mol. The van der Waals surface area contributed by atoms with Crippen molar-refractivity contribution < 1.29 is 30.9 Å². The van der Waals surface area contributed by atoms with Crippen LogP contribution in [0.1, 0.15) is 50.7 Å². The van der Waals surface area contributed by atoms with E-state index < -0.39 is 0 Å². The van der Waals surface area contributed by atoms with E-state index in [0.29, 0.717) is 51.7 Å². The molecule has 6 aromatic rings. The van der Waals surface area contributed by atoms with Crippen molar-refractivity contribution in [3.8, 4) is 62.3 Å². The van der Waals surface area contributed by atoms with E-state index in [0.717, 1.165) is 16.7 Å². The summed E-state index contributed by atoms with van der Waals surface area (Å²) in [6.45, 7) is 8.79. The number of phenols is 1. The molecule has 4 aromatic carbocycles. The van der Waals surface area contributed by atoms with Crippen LogP contribution in [0.3, 0.4) is 0 Å². The summed E-state index contributed by atoms with van der Waals surface area (Å²) >= 11 is 0. The second kappa shape index (κ2) is 14.0. The van der Waals surface area contributed by atoms with Crippen LogP contribution in [-0.4, -0.2) is 20.1 Å². The summed E-state index contributed by atoms with van der Waals surface area (Å²) in [5, 5.41) is 11.0. The minimum absolute atomic E-state index is 0. The van der Waals surface area contributed by atoms with Crippen LogP contribution in [0.25, 0.3) is 44.9 Å². The van der Waals surface area contributed by atoms with Crippen molar-refractivity contribution >= 4 is 0 Å². The van der Waals surface area contributed by atoms with Gasteiger partial charge in [-0.15, -0.1) is 11.6 Å². The molecule has 0 radical (unpaired) electrons. The van der Waals surface area contributed by atoms with E-state index >= 15 is 0 Å². The van der Waals surface area contributed by atoms with Crippen molar-refractivity contribution in [2.75, 3.05) is 0 Å². The number of para-hydroxylation sites is 1. The van der Waals surface area contributed by atoms with Gasteiger partial charge in [0.05, 0.1) is 11.4 Å². The Balaban J connectivity index is 0.00000400. The number of nitrogens with zero attached hydrogens (tertiary/aromatic N) is 3. The molecule has 0 saturated carbocycles. The fourth-order valence-electron chi connectivity index (χ4n) is 5.13. The topological polar surface area (TPSA) is 68.1 Å². The molecule has 0 aliphatic rings. The smallest absolute Gasteiger partial charge is 0.217 e. The molecular formula is C39H34N3O2Pt-. The van der Waals surface area contributed by atoms with Gasteiger partial charge in [0, 0.05) is 62.1 Å². The first kappa shape index (κ1) is 31.8. The van der Waals surface area contributed by atoms with Gasteiger partial charge in [-0.25, -0.2) is 4.98 Å². The largest absolute Gasteiger partial charge is 0.507 e. The predicted octanol–water partition coefficient (Wildman–Crippen LogP) is 10.1. The normalized spacial score (nSPS) is 11.0. The Morgan fingerprint density at radius 1 is 0.667 bits per heavy atom. The van der Waals surface area contributed by atoms with Gasteiger partial charge < -0.3 is 9.84 Å². The summed E-state index contributed by atoms with van der Waals surface area (Å²) in [4.78, 5) is 14.5. The van der Waals surface area contributed by atoms with Crippen LogP contribution in [0, 0.1) is 6.07 Å². The third-order valence-electron chi connectivity index (χ3n) is 7.60. The monoisotopic (exact) mass is 771 g/mol. The Labute approximate surface area is 279 Å². The molecule has 0 atom stereocenters. The van der Waals surface area contributed by atoms with Crippen LogP contribution in [0.4, 0.5) is 0 Å². The fraction of sp³-hybridized carbons (Fsp3) is 0.154. The number of hydrogen-bond acceptors (Lipinski definition) is 5. The number of phenolic OH excluding ortho intramolecular Hbond substituents is 1. The number of pyridine rings is 1. The van der Waals surface area contributed by atoms with Gasteiger partial charge in [0.15, 0.2) is 0 Å². The molecule has 45 heavy (non-hydrogen) atoms. The van der Waals surface area contributed by atoms with E-state index in [-0.39, 0.29) is 26.8 Å². The van der Waals surface area contributed by atoms with Gasteiger partial charge in [0.2, 0.25) is 5.88 Å². The minimum Gasteiger partial charge on any atom is -0.507 e. The molecule has 6 rings (SSSR count).